The summed E-state index contributed by atoms with van der Waals surface area (Å²) in [5.74, 6) is 0.270. The smallest absolute Gasteiger partial charge is 0.261 e. The molecule has 0 radical (unpaired) electrons. The van der Waals surface area contributed by atoms with E-state index in [9.17, 15) is 18.0 Å². The van der Waals surface area contributed by atoms with Gasteiger partial charge in [0.1, 0.15) is 17.5 Å². The number of rotatable bonds is 14. The maximum Gasteiger partial charge on any atom is 0.261 e. The highest BCUT2D eigenvalue weighted by molar-refractivity contribution is 7.89. The van der Waals surface area contributed by atoms with E-state index in [0.29, 0.717) is 37.8 Å². The molecule has 47 heavy (non-hydrogen) atoms. The van der Waals surface area contributed by atoms with Crippen molar-refractivity contribution in [2.45, 2.75) is 30.4 Å². The van der Waals surface area contributed by atoms with Crippen LogP contribution in [0.5, 0.6) is 11.5 Å². The van der Waals surface area contributed by atoms with Gasteiger partial charge in [0.2, 0.25) is 15.9 Å². The fourth-order valence-corrected chi connectivity index (χ4v) is 6.57. The van der Waals surface area contributed by atoms with Crippen LogP contribution in [-0.2, 0) is 43.9 Å². The van der Waals surface area contributed by atoms with E-state index in [2.05, 4.69) is 10.3 Å². The first-order valence-corrected chi connectivity index (χ1v) is 16.7. The lowest BCUT2D eigenvalue weighted by atomic mass is 10.0. The largest absolute Gasteiger partial charge is 0.497 e. The summed E-state index contributed by atoms with van der Waals surface area (Å²) in [5.41, 5.74) is 2.57. The number of benzene rings is 3. The highest BCUT2D eigenvalue weighted by Gasteiger charge is 2.31. The van der Waals surface area contributed by atoms with Crippen LogP contribution in [0.25, 0.3) is 0 Å². The summed E-state index contributed by atoms with van der Waals surface area (Å²) in [7, 11) is -2.09. The first-order valence-electron chi connectivity index (χ1n) is 15.3. The number of sulfonamides is 1. The summed E-state index contributed by atoms with van der Waals surface area (Å²) in [5, 5.41) is 2.99. The lowest BCUT2D eigenvalue weighted by Gasteiger charge is -2.31. The quantitative estimate of drug-likeness (QED) is 0.218. The van der Waals surface area contributed by atoms with E-state index in [1.165, 1.54) is 33.5 Å². The first kappa shape index (κ1) is 33.6. The van der Waals surface area contributed by atoms with Gasteiger partial charge in [-0.25, -0.2) is 8.42 Å². The highest BCUT2D eigenvalue weighted by atomic mass is 32.2. The maximum atomic E-state index is 14.0. The predicted molar refractivity (Wildman–Crippen MR) is 175 cm³/mol. The number of hydrogen-bond donors (Lipinski definition) is 1. The Morgan fingerprint density at radius 2 is 1.53 bits per heavy atom. The second-order valence-corrected chi connectivity index (χ2v) is 12.9. The molecule has 2 amide bonds. The molecule has 1 aromatic heterocycles. The molecule has 1 aliphatic heterocycles. The van der Waals surface area contributed by atoms with Gasteiger partial charge in [0, 0.05) is 45.0 Å². The molecule has 1 N–H and O–H groups in total. The first-order chi connectivity index (χ1) is 22.8. The minimum atomic E-state index is -3.67. The molecule has 1 aliphatic rings. The summed E-state index contributed by atoms with van der Waals surface area (Å²) < 4.78 is 43.9. The van der Waals surface area contributed by atoms with Crippen molar-refractivity contribution in [1.29, 1.82) is 0 Å². The van der Waals surface area contributed by atoms with Crippen LogP contribution in [0.4, 0.5) is 0 Å². The lowest BCUT2D eigenvalue weighted by Crippen LogP contribution is -2.51. The molecule has 1 saturated heterocycles. The number of ether oxygens (including phenoxy) is 3. The van der Waals surface area contributed by atoms with Crippen LogP contribution in [0, 0.1) is 0 Å². The van der Waals surface area contributed by atoms with E-state index in [0.717, 1.165) is 16.7 Å². The van der Waals surface area contributed by atoms with Crippen molar-refractivity contribution in [3.8, 4) is 11.5 Å². The zero-order valence-electron chi connectivity index (χ0n) is 26.2. The van der Waals surface area contributed by atoms with Crippen LogP contribution in [0.3, 0.4) is 0 Å². The number of carbonyl (C=O) groups excluding carboxylic acids is 2. The molecule has 1 atom stereocenters. The van der Waals surface area contributed by atoms with E-state index < -0.39 is 22.0 Å². The number of nitrogens with one attached hydrogen (secondary N) is 1. The summed E-state index contributed by atoms with van der Waals surface area (Å²) in [6.45, 7) is 1.33. The van der Waals surface area contributed by atoms with Gasteiger partial charge in [0.05, 0.1) is 25.2 Å². The molecule has 0 bridgehead atoms. The second-order valence-electron chi connectivity index (χ2n) is 10.9. The Balaban J connectivity index is 1.36. The van der Waals surface area contributed by atoms with Crippen molar-refractivity contribution in [2.75, 3.05) is 40.0 Å². The van der Waals surface area contributed by atoms with Crippen molar-refractivity contribution in [3.05, 3.63) is 120 Å². The number of amides is 2. The molecule has 2 heterocycles. The minimum absolute atomic E-state index is 0.132. The van der Waals surface area contributed by atoms with Crippen molar-refractivity contribution >= 4 is 21.8 Å². The molecular weight excluding hydrogens is 620 g/mol. The normalized spacial score (nSPS) is 14.1. The fraction of sp³-hybridized carbons (Fsp3) is 0.286. The number of hydrogen-bond acceptors (Lipinski definition) is 8. The summed E-state index contributed by atoms with van der Waals surface area (Å²) >= 11 is 0. The van der Waals surface area contributed by atoms with E-state index >= 15 is 0 Å². The van der Waals surface area contributed by atoms with Gasteiger partial charge in [0.25, 0.3) is 5.91 Å². The fourth-order valence-electron chi connectivity index (χ4n) is 5.16. The third-order valence-electron chi connectivity index (χ3n) is 7.79. The highest BCUT2D eigenvalue weighted by Crippen LogP contribution is 2.22. The number of methoxy groups -OCH3 is 1. The van der Waals surface area contributed by atoms with E-state index in [1.807, 2.05) is 54.6 Å². The second kappa shape index (κ2) is 16.2. The van der Waals surface area contributed by atoms with E-state index in [-0.39, 0.29) is 36.9 Å². The molecule has 12 heteroatoms. The number of carbonyl (C=O) groups is 2. The standard InChI is InChI=1S/C35H38N4O7S/c1-44-30-9-7-29(8-10-30)25-39(33(23-27-5-3-2-4-6-27)35(41)37-24-28-15-17-36-18-16-28)34(40)26-46-31-11-13-32(14-12-31)47(42,43)38-19-21-45-22-20-38/h2-18,33H,19-26H2,1H3,(H,37,41)/t33-/m0/s1. The molecular formula is C35H38N4O7S. The average Bonchev–Trinajstić information content (AvgIpc) is 3.12. The van der Waals surface area contributed by atoms with Crippen LogP contribution >= 0.6 is 0 Å². The molecule has 0 aliphatic carbocycles. The molecule has 5 rings (SSSR count). The Morgan fingerprint density at radius 3 is 2.19 bits per heavy atom. The molecule has 3 aromatic carbocycles. The zero-order valence-corrected chi connectivity index (χ0v) is 27.0. The summed E-state index contributed by atoms with van der Waals surface area (Å²) in [4.78, 5) is 33.5. The average molecular weight is 659 g/mol. The van der Waals surface area contributed by atoms with Gasteiger partial charge < -0.3 is 24.4 Å². The monoisotopic (exact) mass is 658 g/mol. The van der Waals surface area contributed by atoms with Crippen molar-refractivity contribution in [3.63, 3.8) is 0 Å². The Labute approximate surface area is 275 Å². The molecule has 11 nitrogen and oxygen atoms in total. The molecule has 4 aromatic rings. The number of pyridine rings is 1. The maximum absolute atomic E-state index is 14.0. The van der Waals surface area contributed by atoms with Crippen molar-refractivity contribution in [1.82, 2.24) is 19.5 Å². The van der Waals surface area contributed by atoms with Gasteiger partial charge in [-0.2, -0.15) is 4.31 Å². The van der Waals surface area contributed by atoms with Crippen LogP contribution in [-0.4, -0.2) is 80.5 Å². The van der Waals surface area contributed by atoms with E-state index in [4.69, 9.17) is 14.2 Å². The molecule has 246 valence electrons. The Kier molecular flexibility index (Phi) is 11.6. The zero-order chi connectivity index (χ0) is 33.1. The van der Waals surface area contributed by atoms with Gasteiger partial charge in [-0.05, 0) is 65.2 Å². The number of nitrogens with zero attached hydrogens (tertiary/aromatic N) is 3. The summed E-state index contributed by atoms with van der Waals surface area (Å²) in [6, 6.07) is 25.6. The van der Waals surface area contributed by atoms with Crippen molar-refractivity contribution < 1.29 is 32.2 Å². The Morgan fingerprint density at radius 1 is 0.872 bits per heavy atom. The third-order valence-corrected chi connectivity index (χ3v) is 9.71. The summed E-state index contributed by atoms with van der Waals surface area (Å²) in [6.07, 6.45) is 3.59. The predicted octanol–water partition coefficient (Wildman–Crippen LogP) is 3.45. The van der Waals surface area contributed by atoms with Crippen LogP contribution < -0.4 is 14.8 Å². The van der Waals surface area contributed by atoms with Gasteiger partial charge in [-0.1, -0.05) is 42.5 Å². The van der Waals surface area contributed by atoms with Crippen LogP contribution in [0.1, 0.15) is 16.7 Å². The van der Waals surface area contributed by atoms with Crippen molar-refractivity contribution in [2.24, 2.45) is 0 Å². The molecule has 1 fully saturated rings. The Hall–Kier alpha value is -4.78. The van der Waals surface area contributed by atoms with Gasteiger partial charge in [-0.15, -0.1) is 0 Å². The van der Waals surface area contributed by atoms with E-state index in [1.54, 1.807) is 31.6 Å². The molecule has 0 saturated carbocycles. The topological polar surface area (TPSA) is 127 Å². The van der Waals surface area contributed by atoms with Gasteiger partial charge >= 0.3 is 0 Å². The molecule has 0 unspecified atom stereocenters. The minimum Gasteiger partial charge on any atom is -0.497 e. The third kappa shape index (κ3) is 9.16. The lowest BCUT2D eigenvalue weighted by molar-refractivity contribution is -0.142. The Bertz CT molecular complexity index is 1700. The van der Waals surface area contributed by atoms with Gasteiger partial charge in [-0.3, -0.25) is 14.6 Å². The van der Waals surface area contributed by atoms with Gasteiger partial charge in [0.15, 0.2) is 6.61 Å². The molecule has 0 spiro atoms. The van der Waals surface area contributed by atoms with Crippen LogP contribution in [0.2, 0.25) is 0 Å². The number of morpholine rings is 1. The van der Waals surface area contributed by atoms with Crippen LogP contribution in [0.15, 0.2) is 108 Å². The SMILES string of the molecule is COc1ccc(CN(C(=O)COc2ccc(S(=O)(=O)N3CCOCC3)cc2)[C@@H](Cc2ccccc2)C(=O)NCc2ccncc2)cc1. The number of aromatic nitrogens is 1.